The number of sulfonamides is 1. The van der Waals surface area contributed by atoms with Crippen molar-refractivity contribution in [3.05, 3.63) is 35.5 Å². The van der Waals surface area contributed by atoms with Crippen LogP contribution in [0, 0.1) is 19.2 Å². The Morgan fingerprint density at radius 2 is 2.06 bits per heavy atom. The highest BCUT2D eigenvalue weighted by Gasteiger charge is 2.12. The molecule has 0 aliphatic heterocycles. The summed E-state index contributed by atoms with van der Waals surface area (Å²) in [6, 6.07) is 2.35. The first kappa shape index (κ1) is 13.4. The Morgan fingerprint density at radius 1 is 1.47 bits per heavy atom. The number of rotatable bonds is 4. The van der Waals surface area contributed by atoms with Crippen molar-refractivity contribution in [2.24, 2.45) is 5.73 Å². The summed E-state index contributed by atoms with van der Waals surface area (Å²) in [5, 5.41) is 0. The van der Waals surface area contributed by atoms with E-state index in [-0.39, 0.29) is 11.3 Å². The normalized spacial score (nSPS) is 11.2. The third-order valence-corrected chi connectivity index (χ3v) is 2.53. The molecule has 0 saturated heterocycles. The van der Waals surface area contributed by atoms with Crippen LogP contribution in [0.15, 0.2) is 12.1 Å². The SMILES string of the molecule is Cc1cc([CH]C(N)=O)c(F)cc1NS(C)(=O)=O. The Kier molecular flexibility index (Phi) is 3.72. The maximum Gasteiger partial charge on any atom is 0.229 e. The fourth-order valence-electron chi connectivity index (χ4n) is 1.28. The molecule has 0 atom stereocenters. The van der Waals surface area contributed by atoms with Crippen LogP contribution in [0.25, 0.3) is 0 Å². The van der Waals surface area contributed by atoms with Gasteiger partial charge in [-0.1, -0.05) is 6.07 Å². The maximum absolute atomic E-state index is 13.5. The molecule has 1 aromatic rings. The van der Waals surface area contributed by atoms with Gasteiger partial charge in [-0.05, 0) is 18.6 Å². The van der Waals surface area contributed by atoms with Gasteiger partial charge in [0.05, 0.1) is 18.4 Å². The molecule has 0 aromatic heterocycles. The van der Waals surface area contributed by atoms with E-state index in [9.17, 15) is 17.6 Å². The predicted molar refractivity (Wildman–Crippen MR) is 62.2 cm³/mol. The molecule has 0 bridgehead atoms. The van der Waals surface area contributed by atoms with E-state index in [2.05, 4.69) is 4.72 Å². The number of carbonyl (C=O) groups is 1. The number of nitrogens with one attached hydrogen (secondary N) is 1. The Hall–Kier alpha value is -1.63. The summed E-state index contributed by atoms with van der Waals surface area (Å²) in [7, 11) is -3.47. The van der Waals surface area contributed by atoms with Crippen LogP contribution in [0.4, 0.5) is 10.1 Å². The molecule has 0 saturated carbocycles. The number of anilines is 1. The number of halogens is 1. The predicted octanol–water partition coefficient (Wildman–Crippen LogP) is 0.543. The lowest BCUT2D eigenvalue weighted by Crippen LogP contribution is -2.14. The van der Waals surface area contributed by atoms with E-state index in [1.54, 1.807) is 6.92 Å². The van der Waals surface area contributed by atoms with Crippen LogP contribution in [0.5, 0.6) is 0 Å². The third-order valence-electron chi connectivity index (χ3n) is 1.94. The minimum Gasteiger partial charge on any atom is -0.369 e. The average Bonchev–Trinajstić information content (AvgIpc) is 2.10. The van der Waals surface area contributed by atoms with Crippen LogP contribution in [-0.4, -0.2) is 20.6 Å². The molecular formula is C10H12FN2O3S. The summed E-state index contributed by atoms with van der Waals surface area (Å²) in [4.78, 5) is 10.6. The lowest BCUT2D eigenvalue weighted by Gasteiger charge is -2.10. The highest BCUT2D eigenvalue weighted by Crippen LogP contribution is 2.21. The van der Waals surface area contributed by atoms with Crippen molar-refractivity contribution >= 4 is 21.6 Å². The number of aryl methyl sites for hydroxylation is 1. The zero-order chi connectivity index (χ0) is 13.2. The smallest absolute Gasteiger partial charge is 0.229 e. The first-order chi connectivity index (χ1) is 7.69. The van der Waals surface area contributed by atoms with Gasteiger partial charge in [-0.15, -0.1) is 0 Å². The second kappa shape index (κ2) is 4.70. The number of hydrogen-bond acceptors (Lipinski definition) is 3. The Labute approximate surface area is 98.9 Å². The fraction of sp³-hybridized carbons (Fsp3) is 0.200. The van der Waals surface area contributed by atoms with Gasteiger partial charge in [-0.2, -0.15) is 0 Å². The zero-order valence-electron chi connectivity index (χ0n) is 9.32. The minimum absolute atomic E-state index is 0.0223. The number of hydrogen-bond donors (Lipinski definition) is 2. The highest BCUT2D eigenvalue weighted by atomic mass is 32.2. The molecule has 0 unspecified atom stereocenters. The molecule has 0 fully saturated rings. The summed E-state index contributed by atoms with van der Waals surface area (Å²) in [6.45, 7) is 1.59. The van der Waals surface area contributed by atoms with Gasteiger partial charge in [0.2, 0.25) is 15.9 Å². The lowest BCUT2D eigenvalue weighted by molar-refractivity contribution is -0.114. The number of carbonyl (C=O) groups excluding carboxylic acids is 1. The molecule has 3 N–H and O–H groups in total. The van der Waals surface area contributed by atoms with Gasteiger partial charge < -0.3 is 5.73 Å². The molecule has 7 heteroatoms. The van der Waals surface area contributed by atoms with E-state index in [0.29, 0.717) is 5.56 Å². The molecule has 1 rings (SSSR count). The van der Waals surface area contributed by atoms with Crippen molar-refractivity contribution in [3.8, 4) is 0 Å². The Bertz CT molecular complexity index is 555. The van der Waals surface area contributed by atoms with Crippen LogP contribution < -0.4 is 10.5 Å². The van der Waals surface area contributed by atoms with Crippen LogP contribution in [0.1, 0.15) is 11.1 Å². The topological polar surface area (TPSA) is 89.3 Å². The van der Waals surface area contributed by atoms with Crippen molar-refractivity contribution in [2.45, 2.75) is 6.92 Å². The molecule has 0 spiro atoms. The van der Waals surface area contributed by atoms with Gasteiger partial charge in [0.15, 0.2) is 0 Å². The Balaban J connectivity index is 3.13. The minimum atomic E-state index is -3.47. The van der Waals surface area contributed by atoms with Crippen molar-refractivity contribution in [3.63, 3.8) is 0 Å². The molecule has 0 aliphatic carbocycles. The van der Waals surface area contributed by atoms with Crippen LogP contribution in [-0.2, 0) is 14.8 Å². The molecule has 1 radical (unpaired) electrons. The first-order valence-corrected chi connectivity index (χ1v) is 6.50. The molecule has 1 aromatic carbocycles. The van der Waals surface area contributed by atoms with Gasteiger partial charge >= 0.3 is 0 Å². The molecule has 93 valence electrons. The van der Waals surface area contributed by atoms with E-state index < -0.39 is 21.7 Å². The second-order valence-corrected chi connectivity index (χ2v) is 5.36. The standard InChI is InChI=1S/C10H12FN2O3S/c1-6-3-7(4-10(12)14)8(11)5-9(6)13-17(2,15)16/h3-5,13H,1-2H3,(H2,12,14). The van der Waals surface area contributed by atoms with E-state index in [1.165, 1.54) is 6.07 Å². The number of nitrogens with two attached hydrogens (primary N) is 1. The largest absolute Gasteiger partial charge is 0.369 e. The van der Waals surface area contributed by atoms with Crippen molar-refractivity contribution in [1.82, 2.24) is 0 Å². The first-order valence-electron chi connectivity index (χ1n) is 4.61. The van der Waals surface area contributed by atoms with Gasteiger partial charge in [0.25, 0.3) is 0 Å². The molecule has 1 amide bonds. The average molecular weight is 259 g/mol. The van der Waals surface area contributed by atoms with Gasteiger partial charge in [0.1, 0.15) is 5.82 Å². The van der Waals surface area contributed by atoms with Gasteiger partial charge in [0, 0.05) is 5.56 Å². The van der Waals surface area contributed by atoms with E-state index in [1.807, 2.05) is 0 Å². The molecular weight excluding hydrogens is 247 g/mol. The fourth-order valence-corrected chi connectivity index (χ4v) is 1.90. The summed E-state index contributed by atoms with van der Waals surface area (Å²) in [5.41, 5.74) is 5.55. The van der Waals surface area contributed by atoms with E-state index in [0.717, 1.165) is 18.7 Å². The molecule has 5 nitrogen and oxygen atoms in total. The number of benzene rings is 1. The summed E-state index contributed by atoms with van der Waals surface area (Å²) >= 11 is 0. The summed E-state index contributed by atoms with van der Waals surface area (Å²) < 4.78 is 37.7. The highest BCUT2D eigenvalue weighted by molar-refractivity contribution is 7.92. The maximum atomic E-state index is 13.5. The van der Waals surface area contributed by atoms with E-state index >= 15 is 0 Å². The van der Waals surface area contributed by atoms with Gasteiger partial charge in [-0.25, -0.2) is 12.8 Å². The molecule has 0 heterocycles. The van der Waals surface area contributed by atoms with Crippen molar-refractivity contribution in [1.29, 1.82) is 0 Å². The van der Waals surface area contributed by atoms with Crippen molar-refractivity contribution in [2.75, 3.05) is 11.0 Å². The number of primary amides is 1. The Morgan fingerprint density at radius 3 is 2.53 bits per heavy atom. The second-order valence-electron chi connectivity index (χ2n) is 3.61. The third kappa shape index (κ3) is 4.03. The van der Waals surface area contributed by atoms with Crippen LogP contribution >= 0.6 is 0 Å². The summed E-state index contributed by atoms with van der Waals surface area (Å²) in [6.07, 6.45) is 1.90. The molecule has 0 aliphatic rings. The van der Waals surface area contributed by atoms with Crippen LogP contribution in [0.3, 0.4) is 0 Å². The van der Waals surface area contributed by atoms with Crippen LogP contribution in [0.2, 0.25) is 0 Å². The molecule has 17 heavy (non-hydrogen) atoms. The quantitative estimate of drug-likeness (QED) is 0.827. The number of amides is 1. The zero-order valence-corrected chi connectivity index (χ0v) is 10.1. The lowest BCUT2D eigenvalue weighted by atomic mass is 10.1. The van der Waals surface area contributed by atoms with Crippen molar-refractivity contribution < 1.29 is 17.6 Å². The van der Waals surface area contributed by atoms with Gasteiger partial charge in [-0.3, -0.25) is 9.52 Å². The van der Waals surface area contributed by atoms with E-state index in [4.69, 9.17) is 5.73 Å². The monoisotopic (exact) mass is 259 g/mol. The summed E-state index contributed by atoms with van der Waals surface area (Å²) in [5.74, 6) is -1.49.